The number of hydrogen-bond donors (Lipinski definition) is 1. The zero-order valence-electron chi connectivity index (χ0n) is 14.9. The lowest BCUT2D eigenvalue weighted by Crippen LogP contribution is -2.27. The molecule has 27 heavy (non-hydrogen) atoms. The van der Waals surface area contributed by atoms with Crippen molar-refractivity contribution >= 4 is 33.5 Å². The highest BCUT2D eigenvalue weighted by molar-refractivity contribution is 9.10. The monoisotopic (exact) mass is 432 g/mol. The molecule has 0 bridgehead atoms. The van der Waals surface area contributed by atoms with Gasteiger partial charge in [0.15, 0.2) is 0 Å². The number of aliphatic imine (C=N–C) groups is 1. The molecule has 0 aliphatic rings. The lowest BCUT2D eigenvalue weighted by molar-refractivity contribution is -0.384. The average molecular weight is 433 g/mol. The largest absolute Gasteiger partial charge is 0.494 e. The smallest absolute Gasteiger partial charge is 0.271 e. The molecule has 140 valence electrons. The first-order valence-electron chi connectivity index (χ1n) is 8.01. The topological polar surface area (TPSA) is 122 Å². The van der Waals surface area contributed by atoms with Crippen LogP contribution in [0.1, 0.15) is 30.5 Å². The Morgan fingerprint density at radius 3 is 2.67 bits per heavy atom. The van der Waals surface area contributed by atoms with Crippen molar-refractivity contribution < 1.29 is 10.0 Å². The summed E-state index contributed by atoms with van der Waals surface area (Å²) in [5.41, 5.74) is 0.281. The number of nitro benzene ring substituents is 1. The highest BCUT2D eigenvalue weighted by Gasteiger charge is 2.18. The molecule has 8 nitrogen and oxygen atoms in total. The predicted octanol–water partition coefficient (Wildman–Crippen LogP) is 3.81. The van der Waals surface area contributed by atoms with E-state index >= 15 is 0 Å². The van der Waals surface area contributed by atoms with E-state index in [-0.39, 0.29) is 35.2 Å². The van der Waals surface area contributed by atoms with Gasteiger partial charge >= 0.3 is 0 Å². The second-order valence-corrected chi connectivity index (χ2v) is 7.16. The minimum Gasteiger partial charge on any atom is -0.494 e. The molecular formula is C18H17BrN4O4. The maximum Gasteiger partial charge on any atom is 0.271 e. The van der Waals surface area contributed by atoms with Crippen molar-refractivity contribution in [2.75, 3.05) is 0 Å². The summed E-state index contributed by atoms with van der Waals surface area (Å²) in [6, 6.07) is 5.97. The van der Waals surface area contributed by atoms with Gasteiger partial charge in [-0.3, -0.25) is 24.5 Å². The van der Waals surface area contributed by atoms with E-state index in [4.69, 9.17) is 0 Å². The number of aromatic nitrogens is 1. The van der Waals surface area contributed by atoms with E-state index in [2.05, 4.69) is 20.9 Å². The molecule has 0 saturated heterocycles. The molecule has 1 aromatic heterocycles. The highest BCUT2D eigenvalue weighted by atomic mass is 79.9. The minimum absolute atomic E-state index is 0.0577. The first kappa shape index (κ1) is 20.3. The first-order chi connectivity index (χ1) is 12.7. The molecular weight excluding hydrogens is 416 g/mol. The average Bonchev–Trinajstić information content (AvgIpc) is 2.59. The van der Waals surface area contributed by atoms with Crippen molar-refractivity contribution in [2.24, 2.45) is 10.9 Å². The molecule has 9 heteroatoms. The molecule has 1 heterocycles. The Balaban J connectivity index is 2.59. The second-order valence-electron chi connectivity index (χ2n) is 6.31. The van der Waals surface area contributed by atoms with Gasteiger partial charge < -0.3 is 5.11 Å². The van der Waals surface area contributed by atoms with Gasteiger partial charge in [0, 0.05) is 29.4 Å². The maximum atomic E-state index is 12.4. The molecule has 0 saturated carbocycles. The number of nitriles is 1. The summed E-state index contributed by atoms with van der Waals surface area (Å²) in [5.74, 6) is -0.191. The molecule has 0 radical (unpaired) electrons. The molecule has 2 rings (SSSR count). The van der Waals surface area contributed by atoms with Crippen LogP contribution in [0.25, 0.3) is 0 Å². The fourth-order valence-corrected chi connectivity index (χ4v) is 2.98. The van der Waals surface area contributed by atoms with E-state index in [0.29, 0.717) is 15.7 Å². The van der Waals surface area contributed by atoms with E-state index in [0.717, 1.165) is 4.57 Å². The van der Waals surface area contributed by atoms with Crippen LogP contribution in [-0.2, 0) is 6.54 Å². The summed E-state index contributed by atoms with van der Waals surface area (Å²) in [5, 5.41) is 30.7. The molecule has 2 aromatic rings. The molecule has 0 fully saturated rings. The molecule has 0 aliphatic carbocycles. The first-order valence-corrected chi connectivity index (χ1v) is 8.81. The fourth-order valence-electron chi connectivity index (χ4n) is 2.51. The van der Waals surface area contributed by atoms with Gasteiger partial charge in [-0.15, -0.1) is 0 Å². The van der Waals surface area contributed by atoms with Crippen LogP contribution in [0.15, 0.2) is 32.5 Å². The number of non-ortho nitro benzene ring substituents is 1. The summed E-state index contributed by atoms with van der Waals surface area (Å²) in [6.07, 6.45) is 1.34. The molecule has 1 N–H and O–H groups in total. The van der Waals surface area contributed by atoms with Crippen molar-refractivity contribution in [3.63, 3.8) is 0 Å². The summed E-state index contributed by atoms with van der Waals surface area (Å²) >= 11 is 3.22. The quantitative estimate of drug-likeness (QED) is 0.437. The van der Waals surface area contributed by atoms with Crippen LogP contribution in [0.5, 0.6) is 5.88 Å². The summed E-state index contributed by atoms with van der Waals surface area (Å²) < 4.78 is 1.56. The van der Waals surface area contributed by atoms with Crippen molar-refractivity contribution in [1.29, 1.82) is 5.26 Å². The van der Waals surface area contributed by atoms with Gasteiger partial charge in [-0.25, -0.2) is 0 Å². The molecule has 0 unspecified atom stereocenters. The number of nitro groups is 1. The van der Waals surface area contributed by atoms with E-state index in [1.54, 1.807) is 6.92 Å². The van der Waals surface area contributed by atoms with Crippen LogP contribution in [0.2, 0.25) is 0 Å². The Bertz CT molecular complexity index is 1040. The van der Waals surface area contributed by atoms with E-state index in [1.165, 1.54) is 24.4 Å². The molecule has 0 aliphatic heterocycles. The number of rotatable bonds is 5. The Morgan fingerprint density at radius 1 is 1.48 bits per heavy atom. The van der Waals surface area contributed by atoms with Gasteiger partial charge in [0.25, 0.3) is 11.2 Å². The number of aromatic hydroxyl groups is 1. The van der Waals surface area contributed by atoms with Crippen molar-refractivity contribution in [2.45, 2.75) is 27.3 Å². The maximum absolute atomic E-state index is 12.4. The Hall–Kier alpha value is -2.99. The van der Waals surface area contributed by atoms with Crippen LogP contribution < -0.4 is 5.56 Å². The summed E-state index contributed by atoms with van der Waals surface area (Å²) in [4.78, 5) is 27.0. The van der Waals surface area contributed by atoms with Crippen molar-refractivity contribution in [1.82, 2.24) is 4.57 Å². The lowest BCUT2D eigenvalue weighted by atomic mass is 10.1. The number of nitrogens with zero attached hydrogens (tertiary/aromatic N) is 4. The minimum atomic E-state index is -0.546. The van der Waals surface area contributed by atoms with E-state index in [9.17, 15) is 25.3 Å². The normalized spacial score (nSPS) is 11.1. The van der Waals surface area contributed by atoms with Crippen LogP contribution in [-0.4, -0.2) is 20.8 Å². The summed E-state index contributed by atoms with van der Waals surface area (Å²) in [7, 11) is 0. The Kier molecular flexibility index (Phi) is 6.13. The number of hydrogen-bond acceptors (Lipinski definition) is 6. The Morgan fingerprint density at radius 2 is 2.15 bits per heavy atom. The third kappa shape index (κ3) is 4.23. The van der Waals surface area contributed by atoms with E-state index < -0.39 is 10.5 Å². The zero-order valence-corrected chi connectivity index (χ0v) is 16.5. The van der Waals surface area contributed by atoms with Gasteiger partial charge in [-0.2, -0.15) is 5.26 Å². The van der Waals surface area contributed by atoms with Crippen LogP contribution >= 0.6 is 15.9 Å². The molecule has 0 spiro atoms. The number of benzene rings is 1. The van der Waals surface area contributed by atoms with Crippen LogP contribution in [0.3, 0.4) is 0 Å². The lowest BCUT2D eigenvalue weighted by Gasteiger charge is -2.15. The van der Waals surface area contributed by atoms with Gasteiger partial charge in [0.1, 0.15) is 11.6 Å². The zero-order chi connectivity index (χ0) is 20.3. The molecule has 0 atom stereocenters. The second kappa shape index (κ2) is 8.14. The van der Waals surface area contributed by atoms with Gasteiger partial charge in [0.05, 0.1) is 16.2 Å². The van der Waals surface area contributed by atoms with E-state index in [1.807, 2.05) is 19.9 Å². The SMILES string of the molecule is Cc1c(C=Nc2ccc([N+](=O)[O-])cc2Br)c(O)n(CC(C)C)c(=O)c1C#N. The van der Waals surface area contributed by atoms with Crippen LogP contribution in [0, 0.1) is 34.3 Å². The molecule has 0 amide bonds. The number of pyridine rings is 1. The van der Waals surface area contributed by atoms with Crippen LogP contribution in [0.4, 0.5) is 11.4 Å². The standard InChI is InChI=1S/C18H17BrN4O4/c1-10(2)9-22-17(24)13(7-20)11(3)14(18(22)25)8-21-16-5-4-12(23(26)27)6-15(16)19/h4-6,8,10,25H,9H2,1-3H3. The summed E-state index contributed by atoms with van der Waals surface area (Å²) in [6.45, 7) is 5.59. The highest BCUT2D eigenvalue weighted by Crippen LogP contribution is 2.30. The van der Waals surface area contributed by atoms with Crippen molar-refractivity contribution in [3.8, 4) is 11.9 Å². The fraction of sp³-hybridized carbons (Fsp3) is 0.278. The van der Waals surface area contributed by atoms with Gasteiger partial charge in [0.2, 0.25) is 5.88 Å². The third-order valence-electron chi connectivity index (χ3n) is 3.87. The van der Waals surface area contributed by atoms with Crippen molar-refractivity contribution in [3.05, 3.63) is 59.8 Å². The van der Waals surface area contributed by atoms with Gasteiger partial charge in [-0.05, 0) is 40.4 Å². The predicted molar refractivity (Wildman–Crippen MR) is 105 cm³/mol. The molecule has 1 aromatic carbocycles. The third-order valence-corrected chi connectivity index (χ3v) is 4.50. The number of halogens is 1. The van der Waals surface area contributed by atoms with Gasteiger partial charge in [-0.1, -0.05) is 13.8 Å². The Labute approximate surface area is 163 Å².